The number of ether oxygens (including phenoxy) is 2. The zero-order chi connectivity index (χ0) is 29.6. The van der Waals surface area contributed by atoms with Gasteiger partial charge in [-0.25, -0.2) is 0 Å². The van der Waals surface area contributed by atoms with Crippen LogP contribution in [0.25, 0.3) is 6.08 Å². The molecular weight excluding hydrogens is 622 g/mol. The SMILES string of the molecule is CCCCCCCCCC=Cc1ccc(P(C)(C)(C)I)c(OCCCCCCCC)c1OCCCCCCCC. The van der Waals surface area contributed by atoms with Crippen molar-refractivity contribution in [2.45, 2.75) is 149 Å². The van der Waals surface area contributed by atoms with E-state index in [1.54, 1.807) is 0 Å². The predicted octanol–water partition coefficient (Wildman–Crippen LogP) is 12.7. The summed E-state index contributed by atoms with van der Waals surface area (Å²) in [4.78, 5) is 0. The maximum absolute atomic E-state index is 6.68. The van der Waals surface area contributed by atoms with Gasteiger partial charge in [-0.15, -0.1) is 0 Å². The van der Waals surface area contributed by atoms with Gasteiger partial charge in [-0.2, -0.15) is 0 Å². The summed E-state index contributed by atoms with van der Waals surface area (Å²) in [5.74, 6) is 2.02. The Morgan fingerprint density at radius 1 is 0.575 bits per heavy atom. The minimum atomic E-state index is -2.09. The molecule has 0 saturated carbocycles. The van der Waals surface area contributed by atoms with Crippen molar-refractivity contribution in [2.24, 2.45) is 0 Å². The Labute approximate surface area is 263 Å². The normalized spacial score (nSPS) is 13.0. The van der Waals surface area contributed by atoms with E-state index < -0.39 is 4.25 Å². The van der Waals surface area contributed by atoms with Crippen LogP contribution in [0.2, 0.25) is 0 Å². The zero-order valence-electron chi connectivity index (χ0n) is 27.5. The molecule has 0 atom stereocenters. The molecule has 0 radical (unpaired) electrons. The van der Waals surface area contributed by atoms with Gasteiger partial charge in [0.2, 0.25) is 0 Å². The summed E-state index contributed by atoms with van der Waals surface area (Å²) in [5, 5.41) is 1.36. The van der Waals surface area contributed by atoms with E-state index >= 15 is 0 Å². The van der Waals surface area contributed by atoms with Gasteiger partial charge in [0.05, 0.1) is 0 Å². The van der Waals surface area contributed by atoms with Crippen LogP contribution in [0.15, 0.2) is 18.2 Å². The molecule has 0 fully saturated rings. The standard InChI is InChI=1S/C36H66IO2P/c1-7-10-13-16-19-20-21-22-25-28-33-29-30-34(40(4,5,6)37)36(39-32-27-24-18-15-12-9-3)35(33)38-31-26-23-17-14-11-8-2/h25,28-30H,7-24,26-27,31-32H2,1-6H3. The number of halogens is 1. The molecular formula is C36H66IO2P. The van der Waals surface area contributed by atoms with Gasteiger partial charge in [0.25, 0.3) is 0 Å². The summed E-state index contributed by atoms with van der Waals surface area (Å²) in [6, 6.07) is 4.63. The minimum absolute atomic E-state index is 0.774. The second-order valence-corrected chi connectivity index (χ2v) is 28.8. The van der Waals surface area contributed by atoms with Gasteiger partial charge in [0.1, 0.15) is 0 Å². The van der Waals surface area contributed by atoms with Gasteiger partial charge in [-0.05, 0) is 0 Å². The van der Waals surface area contributed by atoms with Crippen molar-refractivity contribution in [3.05, 3.63) is 23.8 Å². The van der Waals surface area contributed by atoms with Gasteiger partial charge < -0.3 is 0 Å². The topological polar surface area (TPSA) is 18.5 Å². The van der Waals surface area contributed by atoms with Crippen molar-refractivity contribution in [1.29, 1.82) is 0 Å². The Morgan fingerprint density at radius 3 is 1.48 bits per heavy atom. The average molecular weight is 689 g/mol. The van der Waals surface area contributed by atoms with Crippen LogP contribution in [0.1, 0.15) is 155 Å². The molecule has 40 heavy (non-hydrogen) atoms. The molecule has 0 spiro atoms. The first-order chi connectivity index (χ1) is 19.2. The molecule has 0 N–H and O–H groups in total. The fraction of sp³-hybridized carbons (Fsp3) is 0.778. The van der Waals surface area contributed by atoms with Crippen LogP contribution in [-0.4, -0.2) is 33.2 Å². The zero-order valence-corrected chi connectivity index (χ0v) is 30.6. The van der Waals surface area contributed by atoms with Crippen LogP contribution in [-0.2, 0) is 0 Å². The summed E-state index contributed by atoms with van der Waals surface area (Å²) in [5.41, 5.74) is 1.19. The van der Waals surface area contributed by atoms with Crippen LogP contribution in [0, 0.1) is 0 Å². The van der Waals surface area contributed by atoms with Crippen LogP contribution >= 0.6 is 26.3 Å². The fourth-order valence-electron chi connectivity index (χ4n) is 5.12. The number of rotatable bonds is 26. The first-order valence-corrected chi connectivity index (χ1v) is 23.4. The van der Waals surface area contributed by atoms with E-state index in [-0.39, 0.29) is 0 Å². The number of hydrogen-bond donors (Lipinski definition) is 0. The summed E-state index contributed by atoms with van der Waals surface area (Å²) in [6.07, 6.45) is 30.6. The summed E-state index contributed by atoms with van der Waals surface area (Å²) >= 11 is 2.71. The molecule has 2 nitrogen and oxygen atoms in total. The molecule has 0 aliphatic heterocycles. The van der Waals surface area contributed by atoms with E-state index in [0.29, 0.717) is 0 Å². The molecule has 234 valence electrons. The molecule has 0 aliphatic rings. The van der Waals surface area contributed by atoms with E-state index in [9.17, 15) is 0 Å². The molecule has 1 rings (SSSR count). The third-order valence-electron chi connectivity index (χ3n) is 7.70. The summed E-state index contributed by atoms with van der Waals surface area (Å²) in [7, 11) is 0. The number of unbranched alkanes of at least 4 members (excludes halogenated alkanes) is 17. The summed E-state index contributed by atoms with van der Waals surface area (Å²) in [6.45, 7) is 15.7. The van der Waals surface area contributed by atoms with Crippen molar-refractivity contribution < 1.29 is 9.47 Å². The molecule has 0 heterocycles. The molecule has 4 heteroatoms. The van der Waals surface area contributed by atoms with Crippen LogP contribution in [0.4, 0.5) is 0 Å². The Kier molecular flexibility index (Phi) is 21.0. The third kappa shape index (κ3) is 17.6. The van der Waals surface area contributed by atoms with Gasteiger partial charge >= 0.3 is 245 Å². The van der Waals surface area contributed by atoms with Crippen molar-refractivity contribution in [3.8, 4) is 11.5 Å². The molecule has 0 unspecified atom stereocenters. The van der Waals surface area contributed by atoms with Crippen molar-refractivity contribution >= 4 is 37.7 Å². The van der Waals surface area contributed by atoms with E-state index in [0.717, 1.165) is 44.0 Å². The van der Waals surface area contributed by atoms with Gasteiger partial charge in [-0.1, -0.05) is 19.8 Å². The monoisotopic (exact) mass is 688 g/mol. The van der Waals surface area contributed by atoms with Crippen LogP contribution in [0.5, 0.6) is 11.5 Å². The first kappa shape index (κ1) is 37.7. The van der Waals surface area contributed by atoms with Crippen LogP contribution < -0.4 is 14.8 Å². The van der Waals surface area contributed by atoms with Crippen molar-refractivity contribution in [3.63, 3.8) is 0 Å². The quantitative estimate of drug-likeness (QED) is 0.0548. The second-order valence-electron chi connectivity index (χ2n) is 13.0. The molecule has 1 aromatic carbocycles. The van der Waals surface area contributed by atoms with E-state index in [2.05, 4.69) is 87.1 Å². The Bertz CT molecular complexity index is 787. The first-order valence-electron chi connectivity index (χ1n) is 17.0. The number of benzene rings is 1. The van der Waals surface area contributed by atoms with E-state index in [1.165, 1.54) is 120 Å². The van der Waals surface area contributed by atoms with E-state index in [1.807, 2.05) is 0 Å². The Morgan fingerprint density at radius 2 is 1.00 bits per heavy atom. The van der Waals surface area contributed by atoms with Crippen LogP contribution in [0.3, 0.4) is 0 Å². The molecule has 0 saturated heterocycles. The Hall–Kier alpha value is -0.280. The molecule has 0 amide bonds. The van der Waals surface area contributed by atoms with Crippen molar-refractivity contribution in [1.82, 2.24) is 0 Å². The van der Waals surface area contributed by atoms with Crippen molar-refractivity contribution in [2.75, 3.05) is 33.2 Å². The molecule has 1 aromatic rings. The average Bonchev–Trinajstić information content (AvgIpc) is 2.90. The Balaban J connectivity index is 2.99. The van der Waals surface area contributed by atoms with Gasteiger partial charge in [-0.3, -0.25) is 0 Å². The molecule has 0 bridgehead atoms. The molecule has 0 aromatic heterocycles. The molecule has 0 aliphatic carbocycles. The van der Waals surface area contributed by atoms with Gasteiger partial charge in [0.15, 0.2) is 0 Å². The van der Waals surface area contributed by atoms with Gasteiger partial charge in [0, 0.05) is 0 Å². The number of allylic oxidation sites excluding steroid dienone is 1. The maximum atomic E-state index is 6.68. The van der Waals surface area contributed by atoms with E-state index in [4.69, 9.17) is 9.47 Å². The second kappa shape index (κ2) is 22.3. The summed E-state index contributed by atoms with van der Waals surface area (Å²) < 4.78 is 11.2. The number of hydrogen-bond acceptors (Lipinski definition) is 2. The predicted molar refractivity (Wildman–Crippen MR) is 194 cm³/mol. The fourth-order valence-corrected chi connectivity index (χ4v) is 7.69. The third-order valence-corrected chi connectivity index (χ3v) is 11.2.